The molecule has 1 atom stereocenters. The maximum Gasteiger partial charge on any atom is 0.138 e. The van der Waals surface area contributed by atoms with Crippen LogP contribution in [0.25, 0.3) is 0 Å². The van der Waals surface area contributed by atoms with Crippen LogP contribution in [0.2, 0.25) is 10.0 Å². The average molecular weight is 285 g/mol. The average Bonchev–Trinajstić information content (AvgIpc) is 2.69. The minimum absolute atomic E-state index is 0.0495. The normalized spacial score (nSPS) is 12.7. The molecular weight excluding hydrogens is 271 g/mol. The predicted molar refractivity (Wildman–Crippen MR) is 72.8 cm³/mol. The van der Waals surface area contributed by atoms with Gasteiger partial charge >= 0.3 is 0 Å². The second kappa shape index (κ2) is 5.69. The fourth-order valence-electron chi connectivity index (χ4n) is 1.78. The van der Waals surface area contributed by atoms with Crippen LogP contribution < -0.4 is 5.73 Å². The van der Waals surface area contributed by atoms with Crippen molar-refractivity contribution in [2.45, 2.75) is 18.9 Å². The van der Waals surface area contributed by atoms with Crippen molar-refractivity contribution in [1.82, 2.24) is 14.8 Å². The Labute approximate surface area is 116 Å². The van der Waals surface area contributed by atoms with Crippen LogP contribution in [0.5, 0.6) is 0 Å². The molecular formula is C12H14Cl2N4. The van der Waals surface area contributed by atoms with Crippen LogP contribution in [0.1, 0.15) is 11.4 Å². The largest absolute Gasteiger partial charge is 0.327 e. The van der Waals surface area contributed by atoms with E-state index >= 15 is 0 Å². The molecule has 0 saturated carbocycles. The van der Waals surface area contributed by atoms with Gasteiger partial charge in [-0.05, 0) is 24.1 Å². The zero-order valence-electron chi connectivity index (χ0n) is 9.98. The Morgan fingerprint density at radius 3 is 2.72 bits per heavy atom. The molecule has 1 heterocycles. The summed E-state index contributed by atoms with van der Waals surface area (Å²) in [7, 11) is 1.85. The Morgan fingerprint density at radius 1 is 1.33 bits per heavy atom. The number of aromatic nitrogens is 3. The Morgan fingerprint density at radius 2 is 2.11 bits per heavy atom. The third kappa shape index (κ3) is 3.22. The molecule has 0 fully saturated rings. The van der Waals surface area contributed by atoms with Gasteiger partial charge in [-0.2, -0.15) is 5.10 Å². The lowest BCUT2D eigenvalue weighted by Crippen LogP contribution is -2.27. The van der Waals surface area contributed by atoms with Gasteiger partial charge in [-0.3, -0.25) is 4.68 Å². The molecule has 0 saturated heterocycles. The van der Waals surface area contributed by atoms with E-state index in [2.05, 4.69) is 10.1 Å². The first-order valence-corrected chi connectivity index (χ1v) is 6.34. The molecule has 2 N–H and O–H groups in total. The summed E-state index contributed by atoms with van der Waals surface area (Å²) < 4.78 is 1.73. The van der Waals surface area contributed by atoms with Crippen LogP contribution in [0, 0.1) is 0 Å². The predicted octanol–water partition coefficient (Wildman–Crippen LogP) is 2.23. The highest BCUT2D eigenvalue weighted by atomic mass is 35.5. The van der Waals surface area contributed by atoms with Crippen LogP contribution in [0.4, 0.5) is 0 Å². The van der Waals surface area contributed by atoms with Gasteiger partial charge in [-0.15, -0.1) is 0 Å². The summed E-state index contributed by atoms with van der Waals surface area (Å²) in [6.07, 6.45) is 2.87. The van der Waals surface area contributed by atoms with Crippen molar-refractivity contribution >= 4 is 23.2 Å². The number of halogens is 2. The molecule has 0 aliphatic carbocycles. The van der Waals surface area contributed by atoms with E-state index < -0.39 is 0 Å². The number of nitrogens with two attached hydrogens (primary N) is 1. The second-order valence-electron chi connectivity index (χ2n) is 4.20. The summed E-state index contributed by atoms with van der Waals surface area (Å²) in [5.74, 6) is 0.868. The number of nitrogens with zero attached hydrogens (tertiary/aromatic N) is 3. The van der Waals surface area contributed by atoms with Crippen LogP contribution in [0.3, 0.4) is 0 Å². The molecule has 1 unspecified atom stereocenters. The summed E-state index contributed by atoms with van der Waals surface area (Å²) in [5, 5.41) is 5.29. The van der Waals surface area contributed by atoms with Crippen molar-refractivity contribution < 1.29 is 0 Å². The topological polar surface area (TPSA) is 56.7 Å². The molecule has 1 aromatic carbocycles. The van der Waals surface area contributed by atoms with Crippen molar-refractivity contribution in [3.63, 3.8) is 0 Å². The van der Waals surface area contributed by atoms with Gasteiger partial charge in [0.05, 0.1) is 0 Å². The molecule has 6 heteroatoms. The molecule has 0 aliphatic rings. The fraction of sp³-hybridized carbons (Fsp3) is 0.333. The van der Waals surface area contributed by atoms with E-state index in [0.717, 1.165) is 11.4 Å². The standard InChI is InChI=1S/C12H14Cl2N4/c1-18-12(16-7-17-18)6-10(15)4-8-2-3-9(13)5-11(8)14/h2-3,5,7,10H,4,6,15H2,1H3. The van der Waals surface area contributed by atoms with Crippen LogP contribution in [-0.4, -0.2) is 20.8 Å². The molecule has 1 aromatic heterocycles. The van der Waals surface area contributed by atoms with E-state index in [1.807, 2.05) is 19.2 Å². The molecule has 96 valence electrons. The Balaban J connectivity index is 2.03. The zero-order valence-corrected chi connectivity index (χ0v) is 11.5. The van der Waals surface area contributed by atoms with Gasteiger partial charge in [0.25, 0.3) is 0 Å². The Bertz CT molecular complexity index is 539. The number of benzene rings is 1. The first-order valence-electron chi connectivity index (χ1n) is 5.58. The van der Waals surface area contributed by atoms with E-state index in [-0.39, 0.29) is 6.04 Å². The van der Waals surface area contributed by atoms with Crippen molar-refractivity contribution in [2.75, 3.05) is 0 Å². The molecule has 18 heavy (non-hydrogen) atoms. The lowest BCUT2D eigenvalue weighted by Gasteiger charge is -2.12. The molecule has 2 rings (SSSR count). The minimum Gasteiger partial charge on any atom is -0.327 e. The number of hydrogen-bond donors (Lipinski definition) is 1. The molecule has 0 radical (unpaired) electrons. The minimum atomic E-state index is -0.0495. The number of aryl methyl sites for hydroxylation is 1. The van der Waals surface area contributed by atoms with E-state index in [9.17, 15) is 0 Å². The summed E-state index contributed by atoms with van der Waals surface area (Å²) in [4.78, 5) is 4.15. The number of hydrogen-bond acceptors (Lipinski definition) is 3. The summed E-state index contributed by atoms with van der Waals surface area (Å²) >= 11 is 12.0. The summed E-state index contributed by atoms with van der Waals surface area (Å²) in [6.45, 7) is 0. The van der Waals surface area contributed by atoms with E-state index in [1.54, 1.807) is 10.7 Å². The van der Waals surface area contributed by atoms with E-state index in [0.29, 0.717) is 22.9 Å². The van der Waals surface area contributed by atoms with Gasteiger partial charge < -0.3 is 5.73 Å². The van der Waals surface area contributed by atoms with Gasteiger partial charge in [0.2, 0.25) is 0 Å². The summed E-state index contributed by atoms with van der Waals surface area (Å²) in [5.41, 5.74) is 7.10. The quantitative estimate of drug-likeness (QED) is 0.937. The maximum absolute atomic E-state index is 6.11. The Kier molecular flexibility index (Phi) is 4.22. The molecule has 0 spiro atoms. The van der Waals surface area contributed by atoms with Gasteiger partial charge in [0, 0.05) is 29.6 Å². The van der Waals surface area contributed by atoms with Crippen molar-refractivity contribution in [3.05, 3.63) is 46.0 Å². The third-order valence-corrected chi connectivity index (χ3v) is 3.33. The van der Waals surface area contributed by atoms with Gasteiger partial charge in [-0.25, -0.2) is 4.98 Å². The van der Waals surface area contributed by atoms with E-state index in [4.69, 9.17) is 28.9 Å². The second-order valence-corrected chi connectivity index (χ2v) is 5.05. The highest BCUT2D eigenvalue weighted by Crippen LogP contribution is 2.22. The van der Waals surface area contributed by atoms with Crippen LogP contribution in [-0.2, 0) is 19.9 Å². The highest BCUT2D eigenvalue weighted by molar-refractivity contribution is 6.35. The molecule has 2 aromatic rings. The van der Waals surface area contributed by atoms with Gasteiger partial charge in [-0.1, -0.05) is 29.3 Å². The van der Waals surface area contributed by atoms with Crippen LogP contribution >= 0.6 is 23.2 Å². The Hall–Kier alpha value is -1.10. The SMILES string of the molecule is Cn1ncnc1CC(N)Cc1ccc(Cl)cc1Cl. The zero-order chi connectivity index (χ0) is 13.1. The molecule has 0 bridgehead atoms. The fourth-order valence-corrected chi connectivity index (χ4v) is 2.27. The lowest BCUT2D eigenvalue weighted by atomic mass is 10.0. The van der Waals surface area contributed by atoms with Crippen molar-refractivity contribution in [3.8, 4) is 0 Å². The van der Waals surface area contributed by atoms with Crippen molar-refractivity contribution in [1.29, 1.82) is 0 Å². The van der Waals surface area contributed by atoms with Crippen molar-refractivity contribution in [2.24, 2.45) is 12.8 Å². The van der Waals surface area contributed by atoms with E-state index in [1.165, 1.54) is 6.33 Å². The van der Waals surface area contributed by atoms with Gasteiger partial charge in [0.15, 0.2) is 0 Å². The van der Waals surface area contributed by atoms with Crippen LogP contribution in [0.15, 0.2) is 24.5 Å². The maximum atomic E-state index is 6.11. The first-order chi connectivity index (χ1) is 8.56. The molecule has 4 nitrogen and oxygen atoms in total. The summed E-state index contributed by atoms with van der Waals surface area (Å²) in [6, 6.07) is 5.40. The molecule has 0 amide bonds. The lowest BCUT2D eigenvalue weighted by molar-refractivity contribution is 0.603. The van der Waals surface area contributed by atoms with Gasteiger partial charge in [0.1, 0.15) is 12.2 Å². The monoisotopic (exact) mass is 284 g/mol. The first kappa shape index (κ1) is 13.3. The number of rotatable bonds is 4. The highest BCUT2D eigenvalue weighted by Gasteiger charge is 2.11. The smallest absolute Gasteiger partial charge is 0.138 e. The third-order valence-electron chi connectivity index (χ3n) is 2.75. The molecule has 0 aliphatic heterocycles.